The van der Waals surface area contributed by atoms with Crippen molar-refractivity contribution in [3.05, 3.63) is 54.1 Å². The van der Waals surface area contributed by atoms with Crippen LogP contribution in [0.25, 0.3) is 5.65 Å². The fourth-order valence-electron chi connectivity index (χ4n) is 2.45. The van der Waals surface area contributed by atoms with E-state index in [-0.39, 0.29) is 12.3 Å². The first kappa shape index (κ1) is 17.0. The number of hydrogen-bond acceptors (Lipinski definition) is 4. The molecule has 0 saturated carbocycles. The van der Waals surface area contributed by atoms with Gasteiger partial charge in [0.1, 0.15) is 5.65 Å². The summed E-state index contributed by atoms with van der Waals surface area (Å²) in [5, 5.41) is 2.84. The van der Waals surface area contributed by atoms with Crippen molar-refractivity contribution in [3.8, 4) is 5.88 Å². The molecule has 0 spiro atoms. The van der Waals surface area contributed by atoms with Crippen LogP contribution in [-0.2, 0) is 11.2 Å². The first-order valence-electron chi connectivity index (χ1n) is 8.33. The number of fused-ring (bicyclic) bond motifs is 1. The molecule has 0 radical (unpaired) electrons. The second-order valence-electron chi connectivity index (χ2n) is 6.47. The van der Waals surface area contributed by atoms with Gasteiger partial charge in [0.15, 0.2) is 0 Å². The molecule has 6 heteroatoms. The quantitative estimate of drug-likeness (QED) is 0.749. The predicted molar refractivity (Wildman–Crippen MR) is 96.8 cm³/mol. The zero-order valence-electron chi connectivity index (χ0n) is 14.7. The van der Waals surface area contributed by atoms with Gasteiger partial charge in [-0.2, -0.15) is 0 Å². The summed E-state index contributed by atoms with van der Waals surface area (Å²) in [5.74, 6) is 0.872. The molecule has 0 bridgehead atoms. The fourth-order valence-corrected chi connectivity index (χ4v) is 2.45. The van der Waals surface area contributed by atoms with Gasteiger partial charge in [-0.1, -0.05) is 19.9 Å². The summed E-state index contributed by atoms with van der Waals surface area (Å²) in [7, 11) is 0. The van der Waals surface area contributed by atoms with Gasteiger partial charge in [-0.25, -0.2) is 9.97 Å². The molecule has 1 amide bonds. The number of hydrogen-bond donors (Lipinski definition) is 1. The highest BCUT2D eigenvalue weighted by molar-refractivity contribution is 5.91. The van der Waals surface area contributed by atoms with E-state index in [1.54, 1.807) is 18.3 Å². The Morgan fingerprint density at radius 1 is 1.32 bits per heavy atom. The van der Waals surface area contributed by atoms with Crippen LogP contribution in [0.1, 0.15) is 25.1 Å². The Balaban J connectivity index is 1.60. The average Bonchev–Trinajstić information content (AvgIpc) is 2.98. The van der Waals surface area contributed by atoms with Crippen LogP contribution in [0.3, 0.4) is 0 Å². The summed E-state index contributed by atoms with van der Waals surface area (Å²) >= 11 is 0. The number of anilines is 1. The molecule has 130 valence electrons. The molecule has 0 atom stereocenters. The van der Waals surface area contributed by atoms with Gasteiger partial charge < -0.3 is 14.5 Å². The van der Waals surface area contributed by atoms with Crippen LogP contribution in [0.15, 0.2) is 42.9 Å². The summed E-state index contributed by atoms with van der Waals surface area (Å²) in [5.41, 5.74) is 3.33. The second kappa shape index (κ2) is 7.34. The summed E-state index contributed by atoms with van der Waals surface area (Å²) in [6, 6.07) is 7.50. The normalized spacial score (nSPS) is 11.0. The summed E-state index contributed by atoms with van der Waals surface area (Å²) in [6.45, 7) is 6.78. The van der Waals surface area contributed by atoms with Gasteiger partial charge in [-0.15, -0.1) is 0 Å². The van der Waals surface area contributed by atoms with Crippen LogP contribution in [0.2, 0.25) is 0 Å². The minimum atomic E-state index is -0.126. The molecule has 0 aliphatic heterocycles. The third-order valence-electron chi connectivity index (χ3n) is 3.65. The molecular weight excluding hydrogens is 316 g/mol. The number of rotatable bonds is 6. The number of nitrogens with one attached hydrogen (secondary N) is 1. The molecule has 0 saturated heterocycles. The van der Waals surface area contributed by atoms with E-state index in [2.05, 4.69) is 29.1 Å². The molecule has 0 unspecified atom stereocenters. The summed E-state index contributed by atoms with van der Waals surface area (Å²) in [4.78, 5) is 20.9. The first-order valence-corrected chi connectivity index (χ1v) is 8.33. The van der Waals surface area contributed by atoms with Crippen LogP contribution < -0.4 is 10.1 Å². The van der Waals surface area contributed by atoms with Crippen molar-refractivity contribution in [1.29, 1.82) is 0 Å². The van der Waals surface area contributed by atoms with Gasteiger partial charge in [0, 0.05) is 18.5 Å². The Morgan fingerprint density at radius 3 is 2.84 bits per heavy atom. The number of carbonyl (C=O) groups excluding carboxylic acids is 1. The Morgan fingerprint density at radius 2 is 2.16 bits per heavy atom. The van der Waals surface area contributed by atoms with E-state index in [0.717, 1.165) is 16.9 Å². The van der Waals surface area contributed by atoms with Crippen LogP contribution in [0.4, 0.5) is 5.69 Å². The van der Waals surface area contributed by atoms with Crippen molar-refractivity contribution in [1.82, 2.24) is 14.4 Å². The molecule has 25 heavy (non-hydrogen) atoms. The molecule has 3 aromatic heterocycles. The van der Waals surface area contributed by atoms with Gasteiger partial charge in [0.05, 0.1) is 30.6 Å². The van der Waals surface area contributed by atoms with Crippen LogP contribution in [0.5, 0.6) is 5.88 Å². The number of carbonyl (C=O) groups is 1. The SMILES string of the molecule is Cc1cccn2cc(CC(=O)Nc3ccc(OCC(C)C)nc3)nc12. The van der Waals surface area contributed by atoms with Gasteiger partial charge >= 0.3 is 0 Å². The van der Waals surface area contributed by atoms with Crippen LogP contribution in [0, 0.1) is 12.8 Å². The summed E-state index contributed by atoms with van der Waals surface area (Å²) < 4.78 is 7.46. The maximum Gasteiger partial charge on any atom is 0.230 e. The lowest BCUT2D eigenvalue weighted by molar-refractivity contribution is -0.115. The van der Waals surface area contributed by atoms with Crippen molar-refractivity contribution in [2.24, 2.45) is 5.92 Å². The number of aryl methyl sites for hydroxylation is 1. The summed E-state index contributed by atoms with van der Waals surface area (Å²) in [6.07, 6.45) is 5.62. The Kier molecular flexibility index (Phi) is 4.97. The molecule has 0 aliphatic rings. The molecule has 6 nitrogen and oxygen atoms in total. The molecular formula is C19H22N4O2. The van der Waals surface area contributed by atoms with Crippen molar-refractivity contribution >= 4 is 17.2 Å². The standard InChI is InChI=1S/C19H22N4O2/c1-13(2)12-25-18-7-6-15(10-20-18)21-17(24)9-16-11-23-8-4-5-14(3)19(23)22-16/h4-8,10-11,13H,9,12H2,1-3H3,(H,21,24). The maximum absolute atomic E-state index is 12.2. The van der Waals surface area contributed by atoms with Crippen molar-refractivity contribution in [2.75, 3.05) is 11.9 Å². The number of amides is 1. The molecule has 1 N–H and O–H groups in total. The largest absolute Gasteiger partial charge is 0.477 e. The third-order valence-corrected chi connectivity index (χ3v) is 3.65. The third kappa shape index (κ3) is 4.35. The smallest absolute Gasteiger partial charge is 0.230 e. The lowest BCUT2D eigenvalue weighted by Crippen LogP contribution is -2.14. The number of ether oxygens (including phenoxy) is 1. The highest BCUT2D eigenvalue weighted by Gasteiger charge is 2.09. The van der Waals surface area contributed by atoms with Crippen LogP contribution >= 0.6 is 0 Å². The second-order valence-corrected chi connectivity index (χ2v) is 6.47. The predicted octanol–water partition coefficient (Wildman–Crippen LogP) is 3.25. The lowest BCUT2D eigenvalue weighted by atomic mass is 10.2. The Hall–Kier alpha value is -2.89. The number of pyridine rings is 2. The topological polar surface area (TPSA) is 68.5 Å². The van der Waals surface area contributed by atoms with Crippen molar-refractivity contribution < 1.29 is 9.53 Å². The fraction of sp³-hybridized carbons (Fsp3) is 0.316. The van der Waals surface area contributed by atoms with Crippen LogP contribution in [-0.4, -0.2) is 26.9 Å². The zero-order chi connectivity index (χ0) is 17.8. The van der Waals surface area contributed by atoms with Gasteiger partial charge in [-0.05, 0) is 30.5 Å². The van der Waals surface area contributed by atoms with E-state index in [9.17, 15) is 4.79 Å². The van der Waals surface area contributed by atoms with Gasteiger partial charge in [0.2, 0.25) is 11.8 Å². The number of aromatic nitrogens is 3. The molecule has 0 aliphatic carbocycles. The number of imidazole rings is 1. The van der Waals surface area contributed by atoms with E-state index in [1.165, 1.54) is 0 Å². The van der Waals surface area contributed by atoms with E-state index >= 15 is 0 Å². The van der Waals surface area contributed by atoms with E-state index in [1.807, 2.05) is 35.9 Å². The molecule has 0 aromatic carbocycles. The minimum Gasteiger partial charge on any atom is -0.477 e. The van der Waals surface area contributed by atoms with Crippen molar-refractivity contribution in [2.45, 2.75) is 27.2 Å². The minimum absolute atomic E-state index is 0.126. The number of nitrogens with zero attached hydrogens (tertiary/aromatic N) is 3. The van der Waals surface area contributed by atoms with Crippen molar-refractivity contribution in [3.63, 3.8) is 0 Å². The Bertz CT molecular complexity index is 869. The molecule has 3 heterocycles. The highest BCUT2D eigenvalue weighted by atomic mass is 16.5. The molecule has 3 aromatic rings. The average molecular weight is 338 g/mol. The first-order chi connectivity index (χ1) is 12.0. The van der Waals surface area contributed by atoms with E-state index in [4.69, 9.17) is 4.74 Å². The van der Waals surface area contributed by atoms with Gasteiger partial charge in [0.25, 0.3) is 0 Å². The molecule has 0 fully saturated rings. The van der Waals surface area contributed by atoms with E-state index < -0.39 is 0 Å². The lowest BCUT2D eigenvalue weighted by Gasteiger charge is -2.08. The van der Waals surface area contributed by atoms with Gasteiger partial charge in [-0.3, -0.25) is 4.79 Å². The van der Waals surface area contributed by atoms with E-state index in [0.29, 0.717) is 24.1 Å². The Labute approximate surface area is 146 Å². The molecule has 3 rings (SSSR count). The maximum atomic E-state index is 12.2. The highest BCUT2D eigenvalue weighted by Crippen LogP contribution is 2.14. The zero-order valence-corrected chi connectivity index (χ0v) is 14.7. The monoisotopic (exact) mass is 338 g/mol.